The van der Waals surface area contributed by atoms with Crippen molar-refractivity contribution in [2.45, 2.75) is 13.0 Å². The number of aromatic nitrogens is 1. The Bertz CT molecular complexity index is 857. The van der Waals surface area contributed by atoms with Crippen LogP contribution in [0, 0.1) is 0 Å². The molecule has 2 aromatic rings. The molecule has 144 valence electrons. The third kappa shape index (κ3) is 3.66. The van der Waals surface area contributed by atoms with Gasteiger partial charge in [-0.15, -0.1) is 0 Å². The van der Waals surface area contributed by atoms with Gasteiger partial charge in [-0.1, -0.05) is 30.3 Å². The van der Waals surface area contributed by atoms with Crippen LogP contribution in [0.1, 0.15) is 32.8 Å². The van der Waals surface area contributed by atoms with Crippen LogP contribution in [0.25, 0.3) is 0 Å². The molecule has 0 N–H and O–H groups in total. The lowest BCUT2D eigenvalue weighted by atomic mass is 10.2. The number of pyridine rings is 1. The lowest BCUT2D eigenvalue weighted by Gasteiger charge is -2.35. The predicted octanol–water partition coefficient (Wildman–Crippen LogP) is 1.41. The molecule has 0 bridgehead atoms. The maximum absolute atomic E-state index is 12.5. The molecule has 28 heavy (non-hydrogen) atoms. The first-order valence-corrected chi connectivity index (χ1v) is 9.49. The van der Waals surface area contributed by atoms with E-state index in [0.29, 0.717) is 18.7 Å². The van der Waals surface area contributed by atoms with Crippen molar-refractivity contribution in [1.29, 1.82) is 0 Å². The van der Waals surface area contributed by atoms with Crippen molar-refractivity contribution in [3.05, 3.63) is 65.5 Å². The summed E-state index contributed by atoms with van der Waals surface area (Å²) in [5.41, 5.74) is 1.76. The molecule has 1 saturated heterocycles. The molecule has 2 aliphatic rings. The molecule has 1 aromatic heterocycles. The van der Waals surface area contributed by atoms with E-state index < -0.39 is 5.91 Å². The van der Waals surface area contributed by atoms with Crippen LogP contribution in [0.3, 0.4) is 0 Å². The van der Waals surface area contributed by atoms with Crippen molar-refractivity contribution < 1.29 is 14.4 Å². The molecule has 0 aliphatic carbocycles. The van der Waals surface area contributed by atoms with Crippen LogP contribution in [0.2, 0.25) is 0 Å². The van der Waals surface area contributed by atoms with Crippen molar-refractivity contribution in [3.8, 4) is 0 Å². The molecule has 0 saturated carbocycles. The standard InChI is InChI=1S/C21H22N4O3/c26-18(8-10-25-20(27)17-7-4-9-22-19(17)21(25)28)24-13-11-23(12-14-24)15-16-5-2-1-3-6-16/h1-7,9H,8,10-15H2. The van der Waals surface area contributed by atoms with E-state index >= 15 is 0 Å². The fourth-order valence-electron chi connectivity index (χ4n) is 3.68. The van der Waals surface area contributed by atoms with Crippen LogP contribution in [0.15, 0.2) is 48.7 Å². The van der Waals surface area contributed by atoms with Gasteiger partial charge in [0.05, 0.1) is 5.56 Å². The maximum atomic E-state index is 12.5. The van der Waals surface area contributed by atoms with Gasteiger partial charge in [-0.25, -0.2) is 0 Å². The van der Waals surface area contributed by atoms with Crippen molar-refractivity contribution in [2.75, 3.05) is 32.7 Å². The number of carbonyl (C=O) groups is 3. The van der Waals surface area contributed by atoms with E-state index in [1.807, 2.05) is 23.1 Å². The van der Waals surface area contributed by atoms with Gasteiger partial charge in [-0.2, -0.15) is 0 Å². The van der Waals surface area contributed by atoms with Crippen LogP contribution < -0.4 is 0 Å². The van der Waals surface area contributed by atoms with E-state index in [1.165, 1.54) is 11.8 Å². The molecule has 3 amide bonds. The Morgan fingerprint density at radius 3 is 2.39 bits per heavy atom. The number of fused-ring (bicyclic) bond motifs is 1. The summed E-state index contributed by atoms with van der Waals surface area (Å²) < 4.78 is 0. The molecule has 3 heterocycles. The second-order valence-corrected chi connectivity index (χ2v) is 7.05. The molecule has 0 radical (unpaired) electrons. The van der Waals surface area contributed by atoms with E-state index in [-0.39, 0.29) is 30.5 Å². The SMILES string of the molecule is O=C(CCN1C(=O)c2cccnc2C1=O)N1CCN(Cc2ccccc2)CC1. The van der Waals surface area contributed by atoms with Gasteiger partial charge in [0.25, 0.3) is 11.8 Å². The van der Waals surface area contributed by atoms with Crippen LogP contribution in [0.4, 0.5) is 0 Å². The lowest BCUT2D eigenvalue weighted by molar-refractivity contribution is -0.133. The topological polar surface area (TPSA) is 73.8 Å². The largest absolute Gasteiger partial charge is 0.340 e. The normalized spacial score (nSPS) is 17.1. The Kier molecular flexibility index (Phi) is 5.16. The Balaban J connectivity index is 1.27. The molecule has 7 heteroatoms. The summed E-state index contributed by atoms with van der Waals surface area (Å²) in [7, 11) is 0. The number of amides is 3. The highest BCUT2D eigenvalue weighted by molar-refractivity contribution is 6.20. The van der Waals surface area contributed by atoms with Gasteiger partial charge in [0.15, 0.2) is 0 Å². The zero-order valence-electron chi connectivity index (χ0n) is 15.6. The Morgan fingerprint density at radius 2 is 1.68 bits per heavy atom. The van der Waals surface area contributed by atoms with Crippen LogP contribution in [-0.4, -0.2) is 70.1 Å². The second-order valence-electron chi connectivity index (χ2n) is 7.05. The van der Waals surface area contributed by atoms with E-state index in [4.69, 9.17) is 0 Å². The summed E-state index contributed by atoms with van der Waals surface area (Å²) in [6.07, 6.45) is 1.64. The molecule has 4 rings (SSSR count). The molecule has 0 unspecified atom stereocenters. The summed E-state index contributed by atoms with van der Waals surface area (Å²) in [5, 5.41) is 0. The number of hydrogen-bond donors (Lipinski definition) is 0. The van der Waals surface area contributed by atoms with E-state index in [2.05, 4.69) is 22.0 Å². The first kappa shape index (κ1) is 18.3. The van der Waals surface area contributed by atoms with Crippen molar-refractivity contribution in [1.82, 2.24) is 19.7 Å². The number of benzene rings is 1. The van der Waals surface area contributed by atoms with Gasteiger partial charge < -0.3 is 4.90 Å². The van der Waals surface area contributed by atoms with Gasteiger partial charge in [0.2, 0.25) is 5.91 Å². The van der Waals surface area contributed by atoms with Crippen LogP contribution in [0.5, 0.6) is 0 Å². The predicted molar refractivity (Wildman–Crippen MR) is 103 cm³/mol. The third-order valence-corrected chi connectivity index (χ3v) is 5.25. The molecule has 1 fully saturated rings. The molecular weight excluding hydrogens is 356 g/mol. The van der Waals surface area contributed by atoms with E-state index in [1.54, 1.807) is 12.1 Å². The number of piperazine rings is 1. The van der Waals surface area contributed by atoms with Crippen LogP contribution >= 0.6 is 0 Å². The molecule has 2 aliphatic heterocycles. The molecule has 0 spiro atoms. The Hall–Kier alpha value is -3.06. The quantitative estimate of drug-likeness (QED) is 0.736. The van der Waals surface area contributed by atoms with Crippen molar-refractivity contribution in [2.24, 2.45) is 0 Å². The number of nitrogens with zero attached hydrogens (tertiary/aromatic N) is 4. The van der Waals surface area contributed by atoms with Crippen molar-refractivity contribution in [3.63, 3.8) is 0 Å². The number of hydrogen-bond acceptors (Lipinski definition) is 5. The maximum Gasteiger partial charge on any atom is 0.280 e. The highest BCUT2D eigenvalue weighted by atomic mass is 16.2. The molecule has 7 nitrogen and oxygen atoms in total. The monoisotopic (exact) mass is 378 g/mol. The molecule has 0 atom stereocenters. The summed E-state index contributed by atoms with van der Waals surface area (Å²) in [6.45, 7) is 3.93. The average Bonchev–Trinajstić information content (AvgIpc) is 2.98. The summed E-state index contributed by atoms with van der Waals surface area (Å²) in [6, 6.07) is 13.5. The zero-order valence-corrected chi connectivity index (χ0v) is 15.6. The smallest absolute Gasteiger partial charge is 0.280 e. The second kappa shape index (κ2) is 7.90. The average molecular weight is 378 g/mol. The number of rotatable bonds is 5. The highest BCUT2D eigenvalue weighted by Gasteiger charge is 2.36. The molecule has 1 aromatic carbocycles. The first-order chi connectivity index (χ1) is 13.6. The van der Waals surface area contributed by atoms with Gasteiger partial charge in [-0.05, 0) is 17.7 Å². The van der Waals surface area contributed by atoms with Gasteiger partial charge >= 0.3 is 0 Å². The van der Waals surface area contributed by atoms with Gasteiger partial charge in [-0.3, -0.25) is 29.2 Å². The number of imide groups is 1. The molecular formula is C21H22N4O3. The van der Waals surface area contributed by atoms with E-state index in [9.17, 15) is 14.4 Å². The summed E-state index contributed by atoms with van der Waals surface area (Å²) in [5.74, 6) is -0.807. The minimum absolute atomic E-state index is 0.0242. The lowest BCUT2D eigenvalue weighted by Crippen LogP contribution is -2.49. The fraction of sp³-hybridized carbons (Fsp3) is 0.333. The fourth-order valence-corrected chi connectivity index (χ4v) is 3.68. The Morgan fingerprint density at radius 1 is 0.929 bits per heavy atom. The first-order valence-electron chi connectivity index (χ1n) is 9.49. The minimum Gasteiger partial charge on any atom is -0.340 e. The van der Waals surface area contributed by atoms with Gasteiger partial charge in [0.1, 0.15) is 5.69 Å². The number of carbonyl (C=O) groups excluding carboxylic acids is 3. The third-order valence-electron chi connectivity index (χ3n) is 5.25. The Labute approximate surface area is 163 Å². The zero-order chi connectivity index (χ0) is 19.5. The van der Waals surface area contributed by atoms with Crippen LogP contribution in [-0.2, 0) is 11.3 Å². The van der Waals surface area contributed by atoms with Gasteiger partial charge in [0, 0.05) is 51.9 Å². The van der Waals surface area contributed by atoms with Crippen molar-refractivity contribution >= 4 is 17.7 Å². The summed E-state index contributed by atoms with van der Waals surface area (Å²) >= 11 is 0. The van der Waals surface area contributed by atoms with E-state index in [0.717, 1.165) is 24.5 Å². The minimum atomic E-state index is -0.416. The summed E-state index contributed by atoms with van der Waals surface area (Å²) in [4.78, 5) is 46.5. The highest BCUT2D eigenvalue weighted by Crippen LogP contribution is 2.20.